The standard InChI is InChI=1S/C2H3N.F3H3N3P3/c1-2-3;1-5-7-4-8-6(2)9(5)3/h1H3;4,7-8H. The van der Waals surface area contributed by atoms with Crippen LogP contribution in [0.4, 0.5) is 13.2 Å². The highest BCUT2D eigenvalue weighted by molar-refractivity contribution is 7.69. The average Bonchev–Trinajstić information content (AvgIpc) is 2.02. The molecule has 0 aromatic carbocycles. The quantitative estimate of drug-likeness (QED) is 0.518. The van der Waals surface area contributed by atoms with Gasteiger partial charge < -0.3 is 0 Å². The molecule has 0 bridgehead atoms. The fourth-order valence-electron chi connectivity index (χ4n) is 0.269. The van der Waals surface area contributed by atoms with E-state index in [0.717, 1.165) is 0 Å². The SMILES string of the molecule is CC#N.FN1PNPN(F)P1F. The van der Waals surface area contributed by atoms with Crippen LogP contribution in [0.1, 0.15) is 6.92 Å². The molecule has 1 fully saturated rings. The molecule has 1 saturated heterocycles. The van der Waals surface area contributed by atoms with E-state index in [-0.39, 0.29) is 9.33 Å². The Bertz CT molecular complexity index is 154. The molecule has 0 aromatic rings. The molecule has 0 amide bonds. The average molecular weight is 236 g/mol. The minimum absolute atomic E-state index is 0.175. The van der Waals surface area contributed by atoms with E-state index in [1.807, 2.05) is 0 Å². The van der Waals surface area contributed by atoms with Crippen LogP contribution in [0.5, 0.6) is 0 Å². The predicted molar refractivity (Wildman–Crippen MR) is 45.0 cm³/mol. The van der Waals surface area contributed by atoms with Crippen molar-refractivity contribution in [2.24, 2.45) is 0 Å². The van der Waals surface area contributed by atoms with Gasteiger partial charge in [0.25, 0.3) is 0 Å². The number of halogens is 3. The van der Waals surface area contributed by atoms with Gasteiger partial charge in [-0.15, -0.1) is 8.96 Å². The minimum atomic E-state index is -2.82. The van der Waals surface area contributed by atoms with Gasteiger partial charge in [0, 0.05) is 6.92 Å². The summed E-state index contributed by atoms with van der Waals surface area (Å²) < 4.78 is 35.7. The summed E-state index contributed by atoms with van der Waals surface area (Å²) in [6.07, 6.45) is 0. The molecule has 0 radical (unpaired) electrons. The second kappa shape index (κ2) is 6.91. The zero-order valence-corrected chi connectivity index (χ0v) is 8.82. The Hall–Kier alpha value is 0.450. The Morgan fingerprint density at radius 1 is 1.42 bits per heavy atom. The first-order valence-electron chi connectivity index (χ1n) is 2.58. The topological polar surface area (TPSA) is 42.3 Å². The van der Waals surface area contributed by atoms with E-state index >= 15 is 0 Å². The van der Waals surface area contributed by atoms with Crippen molar-refractivity contribution in [3.63, 3.8) is 0 Å². The van der Waals surface area contributed by atoms with Gasteiger partial charge in [0.1, 0.15) is 0 Å². The van der Waals surface area contributed by atoms with Gasteiger partial charge in [-0.25, -0.2) is 4.86 Å². The van der Waals surface area contributed by atoms with Crippen LogP contribution < -0.4 is 4.86 Å². The van der Waals surface area contributed by atoms with Gasteiger partial charge in [0.05, 0.1) is 23.8 Å². The summed E-state index contributed by atoms with van der Waals surface area (Å²) in [6.45, 7) is 1.43. The molecule has 0 spiro atoms. The van der Waals surface area contributed by atoms with Gasteiger partial charge in [-0.3, -0.25) is 0 Å². The summed E-state index contributed by atoms with van der Waals surface area (Å²) in [5.41, 5.74) is 0. The van der Waals surface area contributed by atoms with E-state index in [2.05, 4.69) is 4.86 Å². The molecular formula is C2H6F3N4P3. The normalized spacial score (nSPS) is 29.4. The first-order chi connectivity index (χ1) is 5.63. The first-order valence-corrected chi connectivity index (χ1v) is 5.61. The maximum atomic E-state index is 12.1. The van der Waals surface area contributed by atoms with Crippen LogP contribution in [0.3, 0.4) is 0 Å². The molecule has 4 nitrogen and oxygen atoms in total. The molecule has 10 heteroatoms. The van der Waals surface area contributed by atoms with Crippen molar-refractivity contribution in [3.8, 4) is 6.07 Å². The van der Waals surface area contributed by atoms with Crippen molar-refractivity contribution >= 4 is 26.3 Å². The fourth-order valence-corrected chi connectivity index (χ4v) is 3.64. The third kappa shape index (κ3) is 4.47. The van der Waals surface area contributed by atoms with Gasteiger partial charge in [0.2, 0.25) is 0 Å². The number of hydrogen-bond acceptors (Lipinski definition) is 4. The zero-order valence-electron chi connectivity index (χ0n) is 5.92. The number of rotatable bonds is 0. The van der Waals surface area contributed by atoms with E-state index < -0.39 is 26.3 Å². The summed E-state index contributed by atoms with van der Waals surface area (Å²) in [4.78, 5) is 2.35. The fraction of sp³-hybridized carbons (Fsp3) is 0.500. The molecule has 0 aliphatic carbocycles. The highest BCUT2D eigenvalue weighted by Crippen LogP contribution is 2.60. The molecule has 1 rings (SSSR count). The second-order valence-electron chi connectivity index (χ2n) is 1.33. The summed E-state index contributed by atoms with van der Waals surface area (Å²) >= 11 is 0. The van der Waals surface area contributed by atoms with Gasteiger partial charge >= 0.3 is 8.53 Å². The number of nitriles is 1. The Morgan fingerprint density at radius 3 is 2.00 bits per heavy atom. The minimum Gasteiger partial charge on any atom is -0.249 e. The molecule has 1 aliphatic heterocycles. The van der Waals surface area contributed by atoms with Crippen molar-refractivity contribution < 1.29 is 13.2 Å². The number of nitrogens with one attached hydrogen (secondary N) is 1. The van der Waals surface area contributed by atoms with Crippen LogP contribution in [0.15, 0.2) is 0 Å². The Morgan fingerprint density at radius 2 is 1.75 bits per heavy atom. The van der Waals surface area contributed by atoms with Gasteiger partial charge in [-0.1, -0.05) is 0 Å². The van der Waals surface area contributed by atoms with Crippen LogP contribution in [0.2, 0.25) is 0 Å². The van der Waals surface area contributed by atoms with Crippen LogP contribution in [-0.2, 0) is 0 Å². The van der Waals surface area contributed by atoms with E-state index in [0.29, 0.717) is 0 Å². The number of nitrogens with zero attached hydrogens (tertiary/aromatic N) is 3. The molecular weight excluding hydrogens is 230 g/mol. The smallest absolute Gasteiger partial charge is 0.249 e. The van der Waals surface area contributed by atoms with Crippen molar-refractivity contribution in [2.45, 2.75) is 6.92 Å². The van der Waals surface area contributed by atoms with E-state index in [1.165, 1.54) is 6.92 Å². The largest absolute Gasteiger partial charge is 0.303 e. The molecule has 1 N–H and O–H groups in total. The van der Waals surface area contributed by atoms with Crippen LogP contribution in [0, 0.1) is 11.3 Å². The van der Waals surface area contributed by atoms with Crippen molar-refractivity contribution in [1.82, 2.24) is 14.2 Å². The molecule has 0 saturated carbocycles. The van der Waals surface area contributed by atoms with Crippen LogP contribution >= 0.6 is 26.3 Å². The maximum absolute atomic E-state index is 12.1. The summed E-state index contributed by atoms with van der Waals surface area (Å²) in [5.74, 6) is 0. The third-order valence-electron chi connectivity index (χ3n) is 0.586. The van der Waals surface area contributed by atoms with E-state index in [9.17, 15) is 13.2 Å². The van der Waals surface area contributed by atoms with Crippen molar-refractivity contribution in [3.05, 3.63) is 0 Å². The molecule has 12 heavy (non-hydrogen) atoms. The van der Waals surface area contributed by atoms with Gasteiger partial charge in [-0.2, -0.15) is 9.46 Å². The summed E-state index contributed by atoms with van der Waals surface area (Å²) in [6, 6.07) is 1.75. The monoisotopic (exact) mass is 236 g/mol. The highest BCUT2D eigenvalue weighted by atomic mass is 31.2. The van der Waals surface area contributed by atoms with Crippen molar-refractivity contribution in [2.75, 3.05) is 0 Å². The van der Waals surface area contributed by atoms with Gasteiger partial charge in [-0.05, 0) is 9.33 Å². The maximum Gasteiger partial charge on any atom is 0.303 e. The lowest BCUT2D eigenvalue weighted by Gasteiger charge is -2.24. The van der Waals surface area contributed by atoms with Crippen LogP contribution in [0.25, 0.3) is 0 Å². The Balaban J connectivity index is 0.000000354. The lowest BCUT2D eigenvalue weighted by atomic mass is 11.0. The van der Waals surface area contributed by atoms with Crippen molar-refractivity contribution in [1.29, 1.82) is 5.26 Å². The number of hydrogen-bond donors (Lipinski definition) is 1. The first kappa shape index (κ1) is 12.4. The van der Waals surface area contributed by atoms with E-state index in [4.69, 9.17) is 5.26 Å². The zero-order chi connectivity index (χ0) is 9.56. The second-order valence-corrected chi connectivity index (χ2v) is 5.50. The molecule has 2 unspecified atom stereocenters. The highest BCUT2D eigenvalue weighted by Gasteiger charge is 2.31. The lowest BCUT2D eigenvalue weighted by Crippen LogP contribution is -2.12. The molecule has 70 valence electrons. The Labute approximate surface area is 72.7 Å². The molecule has 0 aromatic heterocycles. The predicted octanol–water partition coefficient (Wildman–Crippen LogP) is 2.71. The van der Waals surface area contributed by atoms with Crippen LogP contribution in [-0.4, -0.2) is 9.33 Å². The third-order valence-corrected chi connectivity index (χ3v) is 4.02. The Kier molecular flexibility index (Phi) is 7.17. The summed E-state index contributed by atoms with van der Waals surface area (Å²) in [5, 5.41) is 7.32. The van der Waals surface area contributed by atoms with E-state index in [1.54, 1.807) is 6.07 Å². The molecule has 1 heterocycles. The molecule has 1 aliphatic rings. The van der Waals surface area contributed by atoms with Gasteiger partial charge in [0.15, 0.2) is 0 Å². The summed E-state index contributed by atoms with van der Waals surface area (Å²) in [7, 11) is -3.73. The molecule has 2 atom stereocenters. The lowest BCUT2D eigenvalue weighted by molar-refractivity contribution is 0.203.